The Kier molecular flexibility index (Phi) is 4.62. The quantitative estimate of drug-likeness (QED) is 0.725. The molecule has 2 aromatic carbocycles. The van der Waals surface area contributed by atoms with Crippen molar-refractivity contribution < 1.29 is 8.42 Å². The van der Waals surface area contributed by atoms with Crippen molar-refractivity contribution in [1.29, 1.82) is 5.26 Å². The molecule has 0 spiro atoms. The Morgan fingerprint density at radius 2 is 1.68 bits per heavy atom. The Labute approximate surface area is 151 Å². The highest BCUT2D eigenvalue weighted by atomic mass is 32.2. The number of anilines is 1. The fraction of sp³-hybridized carbons (Fsp3) is 0.105. The molecule has 0 amide bonds. The van der Waals surface area contributed by atoms with Crippen molar-refractivity contribution in [2.24, 2.45) is 0 Å². The molecular weight excluding hydrogens is 352 g/mol. The van der Waals surface area contributed by atoms with Gasteiger partial charge in [-0.3, -0.25) is 4.72 Å². The summed E-state index contributed by atoms with van der Waals surface area (Å²) in [6, 6.07) is 18.0. The summed E-state index contributed by atoms with van der Waals surface area (Å²) in [4.78, 5) is 1.78. The van der Waals surface area contributed by atoms with E-state index in [2.05, 4.69) is 10.8 Å². The third-order valence-corrected chi connectivity index (χ3v) is 6.10. The average molecular weight is 368 g/mol. The van der Waals surface area contributed by atoms with E-state index in [0.717, 1.165) is 21.6 Å². The van der Waals surface area contributed by atoms with Gasteiger partial charge < -0.3 is 0 Å². The number of thiophene rings is 1. The number of hydrogen-bond acceptors (Lipinski definition) is 4. The Balaban J connectivity index is 1.95. The molecule has 126 valence electrons. The minimum atomic E-state index is -3.64. The number of aryl methyl sites for hydroxylation is 2. The Morgan fingerprint density at radius 1 is 0.960 bits per heavy atom. The van der Waals surface area contributed by atoms with E-state index in [1.807, 2.05) is 26.0 Å². The normalized spacial score (nSPS) is 11.1. The lowest BCUT2D eigenvalue weighted by atomic mass is 10.1. The van der Waals surface area contributed by atoms with Crippen LogP contribution in [0.4, 0.5) is 5.69 Å². The standard InChI is InChI=1S/C19H16N2O2S2/c1-13-3-6-18(7-4-13)25(22,23)21-16-10-14(2)9-15(11-16)19-8-5-17(12-20)24-19/h3-11,21H,1-2H3. The number of hydrogen-bond donors (Lipinski definition) is 1. The average Bonchev–Trinajstić information content (AvgIpc) is 3.03. The van der Waals surface area contributed by atoms with Crippen LogP contribution in [0, 0.1) is 25.2 Å². The molecule has 0 aliphatic rings. The van der Waals surface area contributed by atoms with Crippen molar-refractivity contribution >= 4 is 27.0 Å². The molecule has 1 heterocycles. The van der Waals surface area contributed by atoms with E-state index in [-0.39, 0.29) is 4.90 Å². The topological polar surface area (TPSA) is 70.0 Å². The van der Waals surface area contributed by atoms with Gasteiger partial charge in [0.2, 0.25) is 0 Å². The molecule has 0 fully saturated rings. The molecule has 3 rings (SSSR count). The van der Waals surface area contributed by atoms with Crippen LogP contribution in [0.15, 0.2) is 59.5 Å². The summed E-state index contributed by atoms with van der Waals surface area (Å²) in [6.45, 7) is 3.82. The van der Waals surface area contributed by atoms with E-state index in [0.29, 0.717) is 10.6 Å². The summed E-state index contributed by atoms with van der Waals surface area (Å²) in [5.74, 6) is 0. The monoisotopic (exact) mass is 368 g/mol. The molecule has 4 nitrogen and oxygen atoms in total. The zero-order valence-corrected chi connectivity index (χ0v) is 15.4. The van der Waals surface area contributed by atoms with Gasteiger partial charge in [-0.2, -0.15) is 5.26 Å². The van der Waals surface area contributed by atoms with Crippen LogP contribution in [-0.2, 0) is 10.0 Å². The van der Waals surface area contributed by atoms with Crippen molar-refractivity contribution in [3.8, 4) is 16.5 Å². The second kappa shape index (κ2) is 6.71. The molecule has 6 heteroatoms. The molecule has 0 aliphatic carbocycles. The predicted octanol–water partition coefficient (Wildman–Crippen LogP) is 4.70. The fourth-order valence-electron chi connectivity index (χ4n) is 2.47. The van der Waals surface area contributed by atoms with E-state index in [9.17, 15) is 8.42 Å². The minimum absolute atomic E-state index is 0.226. The lowest BCUT2D eigenvalue weighted by Gasteiger charge is -2.11. The van der Waals surface area contributed by atoms with Crippen molar-refractivity contribution in [1.82, 2.24) is 0 Å². The molecule has 3 aromatic rings. The first kappa shape index (κ1) is 17.2. The number of rotatable bonds is 4. The predicted molar refractivity (Wildman–Crippen MR) is 101 cm³/mol. The van der Waals surface area contributed by atoms with Crippen LogP contribution >= 0.6 is 11.3 Å². The fourth-order valence-corrected chi connectivity index (χ4v) is 4.30. The molecule has 25 heavy (non-hydrogen) atoms. The van der Waals surface area contributed by atoms with Gasteiger partial charge in [-0.1, -0.05) is 23.8 Å². The van der Waals surface area contributed by atoms with Crippen molar-refractivity contribution in [2.75, 3.05) is 4.72 Å². The molecule has 0 radical (unpaired) electrons. The van der Waals surface area contributed by atoms with E-state index in [1.165, 1.54) is 11.3 Å². The van der Waals surface area contributed by atoms with Crippen molar-refractivity contribution in [2.45, 2.75) is 18.7 Å². The number of nitriles is 1. The summed E-state index contributed by atoms with van der Waals surface area (Å²) in [7, 11) is -3.64. The lowest BCUT2D eigenvalue weighted by molar-refractivity contribution is 0.601. The van der Waals surface area contributed by atoms with Gasteiger partial charge in [0.05, 0.1) is 4.90 Å². The Morgan fingerprint density at radius 3 is 2.32 bits per heavy atom. The van der Waals surface area contributed by atoms with E-state index < -0.39 is 10.0 Å². The molecule has 0 saturated carbocycles. The summed E-state index contributed by atoms with van der Waals surface area (Å²) in [5, 5.41) is 8.97. The van der Waals surface area contributed by atoms with Gasteiger partial charge in [0.1, 0.15) is 10.9 Å². The number of benzene rings is 2. The Hall–Kier alpha value is -2.62. The van der Waals surface area contributed by atoms with Gasteiger partial charge in [0.15, 0.2) is 0 Å². The van der Waals surface area contributed by atoms with Gasteiger partial charge in [0.25, 0.3) is 10.0 Å². The maximum Gasteiger partial charge on any atom is 0.261 e. The van der Waals surface area contributed by atoms with Crippen molar-refractivity contribution in [3.63, 3.8) is 0 Å². The Bertz CT molecular complexity index is 1060. The molecule has 1 N–H and O–H groups in total. The summed E-state index contributed by atoms with van der Waals surface area (Å²) >= 11 is 1.38. The number of nitrogens with one attached hydrogen (secondary N) is 1. The number of sulfonamides is 1. The minimum Gasteiger partial charge on any atom is -0.280 e. The molecule has 0 atom stereocenters. The molecule has 0 unspecified atom stereocenters. The van der Waals surface area contributed by atoms with Crippen LogP contribution in [0.1, 0.15) is 16.0 Å². The highest BCUT2D eigenvalue weighted by Crippen LogP contribution is 2.31. The van der Waals surface area contributed by atoms with E-state index >= 15 is 0 Å². The van der Waals surface area contributed by atoms with Gasteiger partial charge in [-0.15, -0.1) is 11.3 Å². The molecular formula is C19H16N2O2S2. The van der Waals surface area contributed by atoms with Crippen LogP contribution < -0.4 is 4.72 Å². The van der Waals surface area contributed by atoms with Gasteiger partial charge in [-0.05, 0) is 61.4 Å². The number of nitrogens with zero attached hydrogens (tertiary/aromatic N) is 1. The van der Waals surface area contributed by atoms with E-state index in [4.69, 9.17) is 5.26 Å². The molecule has 0 bridgehead atoms. The SMILES string of the molecule is Cc1ccc(S(=O)(=O)Nc2cc(C)cc(-c3ccc(C#N)s3)c2)cc1. The van der Waals surface area contributed by atoms with Crippen LogP contribution in [0.3, 0.4) is 0 Å². The zero-order valence-electron chi connectivity index (χ0n) is 13.8. The maximum atomic E-state index is 12.6. The smallest absolute Gasteiger partial charge is 0.261 e. The highest BCUT2D eigenvalue weighted by molar-refractivity contribution is 7.92. The third-order valence-electron chi connectivity index (χ3n) is 3.66. The van der Waals surface area contributed by atoms with Gasteiger partial charge in [-0.25, -0.2) is 8.42 Å². The van der Waals surface area contributed by atoms with Crippen LogP contribution in [0.25, 0.3) is 10.4 Å². The molecule has 0 saturated heterocycles. The summed E-state index contributed by atoms with van der Waals surface area (Å²) in [6.07, 6.45) is 0. The van der Waals surface area contributed by atoms with Crippen molar-refractivity contribution in [3.05, 3.63) is 70.6 Å². The van der Waals surface area contributed by atoms with Gasteiger partial charge in [0, 0.05) is 10.6 Å². The molecule has 0 aliphatic heterocycles. The third kappa shape index (κ3) is 3.90. The first-order valence-corrected chi connectivity index (χ1v) is 9.89. The molecule has 1 aromatic heterocycles. The summed E-state index contributed by atoms with van der Waals surface area (Å²) in [5.41, 5.74) is 3.32. The van der Waals surface area contributed by atoms with Crippen LogP contribution in [-0.4, -0.2) is 8.42 Å². The van der Waals surface area contributed by atoms with Crippen LogP contribution in [0.2, 0.25) is 0 Å². The van der Waals surface area contributed by atoms with Gasteiger partial charge >= 0.3 is 0 Å². The highest BCUT2D eigenvalue weighted by Gasteiger charge is 2.15. The van der Waals surface area contributed by atoms with Crippen LogP contribution in [0.5, 0.6) is 0 Å². The lowest BCUT2D eigenvalue weighted by Crippen LogP contribution is -2.13. The summed E-state index contributed by atoms with van der Waals surface area (Å²) < 4.78 is 27.8. The van der Waals surface area contributed by atoms with E-state index in [1.54, 1.807) is 42.5 Å². The second-order valence-electron chi connectivity index (χ2n) is 5.78. The first-order valence-electron chi connectivity index (χ1n) is 7.59. The largest absolute Gasteiger partial charge is 0.280 e. The maximum absolute atomic E-state index is 12.6. The first-order chi connectivity index (χ1) is 11.9. The zero-order chi connectivity index (χ0) is 18.0. The second-order valence-corrected chi connectivity index (χ2v) is 8.55.